The molecule has 0 aliphatic carbocycles. The van der Waals surface area contributed by atoms with E-state index in [9.17, 15) is 32.7 Å². The van der Waals surface area contributed by atoms with E-state index in [2.05, 4.69) is 15.3 Å². The van der Waals surface area contributed by atoms with Gasteiger partial charge < -0.3 is 26.8 Å². The lowest BCUT2D eigenvalue weighted by molar-refractivity contribution is -0.148. The SMILES string of the molecule is NC(N)=NCCC[C@H](NC(=O)CN1CCN(S(=O)(=O)Cc2ccccc2)[C@@H](CC(=O)O)C1=O)C(=O)c1nccs1. The minimum absolute atomic E-state index is 0.105. The van der Waals surface area contributed by atoms with Gasteiger partial charge in [0.15, 0.2) is 11.0 Å². The van der Waals surface area contributed by atoms with Gasteiger partial charge in [-0.1, -0.05) is 30.3 Å². The Morgan fingerprint density at radius 3 is 2.55 bits per heavy atom. The summed E-state index contributed by atoms with van der Waals surface area (Å²) in [5.41, 5.74) is 11.1. The number of carbonyl (C=O) groups excluding carboxylic acids is 3. The number of rotatable bonds is 14. The molecule has 0 radical (unpaired) electrons. The molecule has 2 amide bonds. The molecular formula is C24H31N7O7S2. The Bertz CT molecular complexity index is 1330. The number of hydrogen-bond donors (Lipinski definition) is 4. The quantitative estimate of drug-likeness (QED) is 0.0941. The number of aliphatic imine (C=N–C) groups is 1. The minimum atomic E-state index is -4.05. The molecule has 1 aromatic heterocycles. The van der Waals surface area contributed by atoms with Crippen molar-refractivity contribution in [1.82, 2.24) is 19.5 Å². The van der Waals surface area contributed by atoms with Crippen LogP contribution in [0.3, 0.4) is 0 Å². The first-order chi connectivity index (χ1) is 19.0. The molecule has 0 spiro atoms. The smallest absolute Gasteiger partial charge is 0.305 e. The molecule has 0 saturated carbocycles. The number of carboxylic acid groups (broad SMARTS) is 1. The van der Waals surface area contributed by atoms with Gasteiger partial charge in [0.25, 0.3) is 0 Å². The zero-order valence-electron chi connectivity index (χ0n) is 21.5. The molecule has 2 aromatic rings. The molecule has 0 unspecified atom stereocenters. The van der Waals surface area contributed by atoms with Crippen LogP contribution < -0.4 is 16.8 Å². The fourth-order valence-corrected chi connectivity index (χ4v) is 6.53. The molecule has 16 heteroatoms. The fraction of sp³-hybridized carbons (Fsp3) is 0.417. The number of benzene rings is 1. The number of nitrogens with zero attached hydrogens (tertiary/aromatic N) is 4. The predicted octanol–water partition coefficient (Wildman–Crippen LogP) is -0.618. The molecule has 40 heavy (non-hydrogen) atoms. The van der Waals surface area contributed by atoms with Crippen molar-refractivity contribution in [3.63, 3.8) is 0 Å². The van der Waals surface area contributed by atoms with Crippen LogP contribution in [0.15, 0.2) is 46.9 Å². The summed E-state index contributed by atoms with van der Waals surface area (Å²) >= 11 is 1.11. The van der Waals surface area contributed by atoms with Gasteiger partial charge in [0.2, 0.25) is 27.6 Å². The maximum Gasteiger partial charge on any atom is 0.305 e. The number of guanidine groups is 1. The van der Waals surface area contributed by atoms with Gasteiger partial charge in [-0.25, -0.2) is 13.4 Å². The number of hydrogen-bond acceptors (Lipinski definition) is 9. The average Bonchev–Trinajstić information content (AvgIpc) is 3.43. The van der Waals surface area contributed by atoms with Crippen LogP contribution in [0.1, 0.15) is 34.6 Å². The van der Waals surface area contributed by atoms with Gasteiger partial charge in [0.05, 0.1) is 24.8 Å². The maximum absolute atomic E-state index is 13.2. The molecular weight excluding hydrogens is 562 g/mol. The Morgan fingerprint density at radius 1 is 1.20 bits per heavy atom. The third-order valence-corrected chi connectivity index (χ3v) is 8.66. The van der Waals surface area contributed by atoms with Crippen LogP contribution in [0.5, 0.6) is 0 Å². The minimum Gasteiger partial charge on any atom is -0.481 e. The summed E-state index contributed by atoms with van der Waals surface area (Å²) in [6.45, 7) is -0.580. The number of carboxylic acids is 1. The molecule has 1 fully saturated rings. The number of sulfonamides is 1. The third kappa shape index (κ3) is 8.56. The summed E-state index contributed by atoms with van der Waals surface area (Å²) in [4.78, 5) is 59.6. The number of aromatic nitrogens is 1. The van der Waals surface area contributed by atoms with E-state index in [0.29, 0.717) is 12.0 Å². The van der Waals surface area contributed by atoms with E-state index in [1.807, 2.05) is 0 Å². The Morgan fingerprint density at radius 2 is 1.93 bits per heavy atom. The van der Waals surface area contributed by atoms with Crippen molar-refractivity contribution in [3.05, 3.63) is 52.5 Å². The van der Waals surface area contributed by atoms with Crippen LogP contribution in [-0.4, -0.2) is 95.5 Å². The highest BCUT2D eigenvalue weighted by atomic mass is 32.2. The normalized spacial score (nSPS) is 16.8. The third-order valence-electron chi connectivity index (χ3n) is 6.03. The second kappa shape index (κ2) is 14.0. The van der Waals surface area contributed by atoms with Crippen molar-refractivity contribution in [2.24, 2.45) is 16.5 Å². The molecule has 2 atom stereocenters. The topological polar surface area (TPSA) is 218 Å². The molecule has 6 N–H and O–H groups in total. The predicted molar refractivity (Wildman–Crippen MR) is 147 cm³/mol. The standard InChI is InChI=1S/C24H31N7O7S2/c25-24(26)28-8-4-7-17(21(35)22-27-9-12-39-22)29-19(32)14-30-10-11-31(18(23(30)36)13-20(33)34)40(37,38)15-16-5-2-1-3-6-16/h1-3,5-6,9,12,17-18H,4,7-8,10-11,13-15H2,(H,29,32)(H,33,34)(H4,25,26,28)/t17-,18-/m0/s1. The number of nitrogens with two attached hydrogens (primary N) is 2. The van der Waals surface area contributed by atoms with E-state index >= 15 is 0 Å². The summed E-state index contributed by atoms with van der Waals surface area (Å²) in [6, 6.07) is 5.84. The zero-order chi connectivity index (χ0) is 29.3. The van der Waals surface area contributed by atoms with E-state index < -0.39 is 64.4 Å². The van der Waals surface area contributed by atoms with E-state index in [1.165, 1.54) is 6.20 Å². The molecule has 14 nitrogen and oxygen atoms in total. The first-order valence-corrected chi connectivity index (χ1v) is 14.8. The van der Waals surface area contributed by atoms with Crippen LogP contribution in [0.4, 0.5) is 0 Å². The monoisotopic (exact) mass is 593 g/mol. The summed E-state index contributed by atoms with van der Waals surface area (Å²) in [5.74, 6) is -3.76. The number of thiazole rings is 1. The zero-order valence-corrected chi connectivity index (χ0v) is 23.1. The molecule has 2 heterocycles. The number of aliphatic carboxylic acids is 1. The summed E-state index contributed by atoms with van der Waals surface area (Å²) < 4.78 is 27.2. The molecule has 1 aliphatic heterocycles. The van der Waals surface area contributed by atoms with Crippen molar-refractivity contribution < 1.29 is 32.7 Å². The Balaban J connectivity index is 1.70. The van der Waals surface area contributed by atoms with Crippen molar-refractivity contribution in [1.29, 1.82) is 0 Å². The lowest BCUT2D eigenvalue weighted by Gasteiger charge is -2.39. The number of amides is 2. The van der Waals surface area contributed by atoms with Crippen LogP contribution in [-0.2, 0) is 30.2 Å². The van der Waals surface area contributed by atoms with Crippen molar-refractivity contribution in [2.45, 2.75) is 37.1 Å². The Kier molecular flexibility index (Phi) is 10.7. The Hall–Kier alpha value is -3.89. The van der Waals surface area contributed by atoms with Gasteiger partial charge in [0, 0.05) is 31.2 Å². The van der Waals surface area contributed by atoms with Crippen LogP contribution in [0.2, 0.25) is 0 Å². The summed E-state index contributed by atoms with van der Waals surface area (Å²) in [7, 11) is -4.05. The number of piperazine rings is 1. The Labute approximate surface area is 235 Å². The maximum atomic E-state index is 13.2. The largest absolute Gasteiger partial charge is 0.481 e. The van der Waals surface area contributed by atoms with Gasteiger partial charge >= 0.3 is 5.97 Å². The van der Waals surface area contributed by atoms with E-state index in [4.69, 9.17) is 11.5 Å². The molecule has 1 aliphatic rings. The van der Waals surface area contributed by atoms with Gasteiger partial charge in [-0.05, 0) is 18.4 Å². The van der Waals surface area contributed by atoms with Crippen LogP contribution >= 0.6 is 11.3 Å². The second-order valence-corrected chi connectivity index (χ2v) is 11.8. The van der Waals surface area contributed by atoms with Gasteiger partial charge in [-0.2, -0.15) is 4.31 Å². The summed E-state index contributed by atoms with van der Waals surface area (Å²) in [5, 5.41) is 13.8. The molecule has 0 bridgehead atoms. The molecule has 3 rings (SSSR count). The number of Topliss-reactive ketones (excluding diaryl/α,β-unsaturated/α-hetero) is 1. The van der Waals surface area contributed by atoms with E-state index in [1.54, 1.807) is 35.7 Å². The highest BCUT2D eigenvalue weighted by Gasteiger charge is 2.42. The first kappa shape index (κ1) is 30.6. The average molecular weight is 594 g/mol. The van der Waals surface area contributed by atoms with Crippen molar-refractivity contribution in [3.8, 4) is 0 Å². The van der Waals surface area contributed by atoms with Crippen molar-refractivity contribution in [2.75, 3.05) is 26.2 Å². The van der Waals surface area contributed by atoms with Gasteiger partial charge in [-0.15, -0.1) is 11.3 Å². The first-order valence-electron chi connectivity index (χ1n) is 12.3. The number of carbonyl (C=O) groups is 4. The lowest BCUT2D eigenvalue weighted by Crippen LogP contribution is -2.61. The number of nitrogens with one attached hydrogen (secondary N) is 1. The lowest BCUT2D eigenvalue weighted by atomic mass is 10.1. The van der Waals surface area contributed by atoms with Crippen LogP contribution in [0, 0.1) is 0 Å². The highest BCUT2D eigenvalue weighted by molar-refractivity contribution is 7.88. The van der Waals surface area contributed by atoms with Crippen LogP contribution in [0.25, 0.3) is 0 Å². The number of ketones is 1. The van der Waals surface area contributed by atoms with Gasteiger partial charge in [-0.3, -0.25) is 24.2 Å². The van der Waals surface area contributed by atoms with E-state index in [-0.39, 0.29) is 37.0 Å². The molecule has 1 saturated heterocycles. The van der Waals surface area contributed by atoms with Crippen molar-refractivity contribution >= 4 is 50.9 Å². The van der Waals surface area contributed by atoms with Gasteiger partial charge in [0.1, 0.15) is 6.04 Å². The van der Waals surface area contributed by atoms with E-state index in [0.717, 1.165) is 20.5 Å². The highest BCUT2D eigenvalue weighted by Crippen LogP contribution is 2.22. The molecule has 216 valence electrons. The fourth-order valence-electron chi connectivity index (χ4n) is 4.21. The second-order valence-electron chi connectivity index (χ2n) is 9.00. The molecule has 1 aromatic carbocycles. The summed E-state index contributed by atoms with van der Waals surface area (Å²) in [6.07, 6.45) is 1.27.